The van der Waals surface area contributed by atoms with Crippen molar-refractivity contribution < 1.29 is 9.59 Å². The van der Waals surface area contributed by atoms with E-state index in [1.807, 2.05) is 25.6 Å². The van der Waals surface area contributed by atoms with E-state index in [4.69, 9.17) is 6.42 Å². The minimum atomic E-state index is -0.312. The molecule has 0 spiro atoms. The SMILES string of the molecule is C#CCNC(=O)c1ccccc1NC(=O)CCc1c(C)nn(C)c1C. The normalized spacial score (nSPS) is 10.2. The second-order valence-corrected chi connectivity index (χ2v) is 5.75. The molecule has 0 radical (unpaired) electrons. The van der Waals surface area contributed by atoms with Gasteiger partial charge in [-0.2, -0.15) is 5.10 Å². The topological polar surface area (TPSA) is 76.0 Å². The van der Waals surface area contributed by atoms with Crippen LogP contribution in [0, 0.1) is 26.2 Å². The summed E-state index contributed by atoms with van der Waals surface area (Å²) in [6.45, 7) is 4.06. The van der Waals surface area contributed by atoms with Crippen LogP contribution >= 0.6 is 0 Å². The van der Waals surface area contributed by atoms with Crippen LogP contribution in [0.1, 0.15) is 33.7 Å². The standard InChI is InChI=1S/C19H22N4O2/c1-5-12-20-19(25)16-8-6-7-9-17(16)21-18(24)11-10-15-13(2)22-23(4)14(15)3/h1,6-9H,10-12H2,2-4H3,(H,20,25)(H,21,24). The number of aromatic nitrogens is 2. The summed E-state index contributed by atoms with van der Waals surface area (Å²) in [6, 6.07) is 6.85. The van der Waals surface area contributed by atoms with Gasteiger partial charge in [0, 0.05) is 19.2 Å². The van der Waals surface area contributed by atoms with E-state index in [1.165, 1.54) is 0 Å². The lowest BCUT2D eigenvalue weighted by molar-refractivity contribution is -0.116. The van der Waals surface area contributed by atoms with Crippen LogP contribution in [0.15, 0.2) is 24.3 Å². The summed E-state index contributed by atoms with van der Waals surface area (Å²) >= 11 is 0. The van der Waals surface area contributed by atoms with Gasteiger partial charge in [-0.1, -0.05) is 18.1 Å². The van der Waals surface area contributed by atoms with E-state index in [1.54, 1.807) is 24.3 Å². The third-order valence-electron chi connectivity index (χ3n) is 4.06. The molecular weight excluding hydrogens is 316 g/mol. The average molecular weight is 338 g/mol. The van der Waals surface area contributed by atoms with E-state index < -0.39 is 0 Å². The lowest BCUT2D eigenvalue weighted by Gasteiger charge is -2.10. The molecule has 2 rings (SSSR count). The second kappa shape index (κ2) is 8.15. The Balaban J connectivity index is 2.03. The van der Waals surface area contributed by atoms with Crippen molar-refractivity contribution in [3.8, 4) is 12.3 Å². The maximum Gasteiger partial charge on any atom is 0.254 e. The summed E-state index contributed by atoms with van der Waals surface area (Å²) in [5.74, 6) is 1.89. The average Bonchev–Trinajstić information content (AvgIpc) is 2.83. The van der Waals surface area contributed by atoms with Gasteiger partial charge in [-0.15, -0.1) is 6.42 Å². The second-order valence-electron chi connectivity index (χ2n) is 5.75. The molecule has 0 fully saturated rings. The molecule has 2 amide bonds. The molecular formula is C19H22N4O2. The van der Waals surface area contributed by atoms with E-state index in [2.05, 4.69) is 21.7 Å². The highest BCUT2D eigenvalue weighted by molar-refractivity contribution is 6.03. The fourth-order valence-electron chi connectivity index (χ4n) is 2.65. The number of benzene rings is 1. The number of aryl methyl sites for hydroxylation is 2. The molecule has 2 N–H and O–H groups in total. The molecule has 6 heteroatoms. The number of amides is 2. The van der Waals surface area contributed by atoms with Gasteiger partial charge in [0.2, 0.25) is 5.91 Å². The molecule has 2 aromatic rings. The number of nitrogens with zero attached hydrogens (tertiary/aromatic N) is 2. The first-order valence-corrected chi connectivity index (χ1v) is 8.03. The Morgan fingerprint density at radius 2 is 2.00 bits per heavy atom. The molecule has 1 aromatic carbocycles. The molecule has 0 unspecified atom stereocenters. The number of carbonyl (C=O) groups excluding carboxylic acids is 2. The van der Waals surface area contributed by atoms with Crippen molar-refractivity contribution in [3.63, 3.8) is 0 Å². The van der Waals surface area contributed by atoms with Crippen molar-refractivity contribution in [1.82, 2.24) is 15.1 Å². The lowest BCUT2D eigenvalue weighted by Crippen LogP contribution is -2.25. The molecule has 130 valence electrons. The summed E-state index contributed by atoms with van der Waals surface area (Å²) in [6.07, 6.45) is 6.07. The first kappa shape index (κ1) is 18.3. The van der Waals surface area contributed by atoms with Crippen LogP contribution in [0.4, 0.5) is 5.69 Å². The fraction of sp³-hybridized carbons (Fsp3) is 0.316. The molecule has 6 nitrogen and oxygen atoms in total. The molecule has 0 atom stereocenters. The highest BCUT2D eigenvalue weighted by atomic mass is 16.2. The monoisotopic (exact) mass is 338 g/mol. The lowest BCUT2D eigenvalue weighted by atomic mass is 10.1. The van der Waals surface area contributed by atoms with Crippen LogP contribution in [-0.2, 0) is 18.3 Å². The van der Waals surface area contributed by atoms with Crippen molar-refractivity contribution in [2.24, 2.45) is 7.05 Å². The third-order valence-corrected chi connectivity index (χ3v) is 4.06. The highest BCUT2D eigenvalue weighted by Crippen LogP contribution is 2.17. The summed E-state index contributed by atoms with van der Waals surface area (Å²) < 4.78 is 1.81. The summed E-state index contributed by atoms with van der Waals surface area (Å²) in [4.78, 5) is 24.4. The maximum atomic E-state index is 12.3. The number of hydrogen-bond donors (Lipinski definition) is 2. The molecule has 0 saturated carbocycles. The number of hydrogen-bond acceptors (Lipinski definition) is 3. The first-order valence-electron chi connectivity index (χ1n) is 8.03. The van der Waals surface area contributed by atoms with Crippen LogP contribution in [-0.4, -0.2) is 28.1 Å². The molecule has 0 bridgehead atoms. The van der Waals surface area contributed by atoms with E-state index in [0.717, 1.165) is 17.0 Å². The molecule has 0 aliphatic rings. The molecule has 0 aliphatic carbocycles. The van der Waals surface area contributed by atoms with Crippen LogP contribution in [0.3, 0.4) is 0 Å². The van der Waals surface area contributed by atoms with E-state index >= 15 is 0 Å². The van der Waals surface area contributed by atoms with Gasteiger partial charge in [0.15, 0.2) is 0 Å². The molecule has 0 aliphatic heterocycles. The van der Waals surface area contributed by atoms with E-state index in [9.17, 15) is 9.59 Å². The highest BCUT2D eigenvalue weighted by Gasteiger charge is 2.14. The van der Waals surface area contributed by atoms with Crippen molar-refractivity contribution in [2.75, 3.05) is 11.9 Å². The van der Waals surface area contributed by atoms with Crippen molar-refractivity contribution in [3.05, 3.63) is 46.8 Å². The van der Waals surface area contributed by atoms with Crippen LogP contribution in [0.5, 0.6) is 0 Å². The Bertz CT molecular complexity index is 830. The largest absolute Gasteiger partial charge is 0.341 e. The summed E-state index contributed by atoms with van der Waals surface area (Å²) in [7, 11) is 1.89. The predicted molar refractivity (Wildman–Crippen MR) is 97.2 cm³/mol. The van der Waals surface area contributed by atoms with Crippen molar-refractivity contribution in [1.29, 1.82) is 0 Å². The van der Waals surface area contributed by atoms with Crippen LogP contribution < -0.4 is 10.6 Å². The summed E-state index contributed by atoms with van der Waals surface area (Å²) in [5, 5.41) is 9.76. The third kappa shape index (κ3) is 4.48. The van der Waals surface area contributed by atoms with Gasteiger partial charge < -0.3 is 10.6 Å². The van der Waals surface area contributed by atoms with Gasteiger partial charge in [-0.3, -0.25) is 14.3 Å². The molecule has 0 saturated heterocycles. The Morgan fingerprint density at radius 3 is 2.64 bits per heavy atom. The summed E-state index contributed by atoms with van der Waals surface area (Å²) in [5.41, 5.74) is 3.93. The zero-order valence-electron chi connectivity index (χ0n) is 14.7. The van der Waals surface area contributed by atoms with Crippen molar-refractivity contribution in [2.45, 2.75) is 26.7 Å². The predicted octanol–water partition coefficient (Wildman–Crippen LogP) is 1.97. The van der Waals surface area contributed by atoms with Gasteiger partial charge >= 0.3 is 0 Å². The van der Waals surface area contributed by atoms with Crippen molar-refractivity contribution >= 4 is 17.5 Å². The first-order chi connectivity index (χ1) is 11.9. The van der Waals surface area contributed by atoms with Crippen LogP contribution in [0.2, 0.25) is 0 Å². The minimum absolute atomic E-state index is 0.140. The Kier molecular flexibility index (Phi) is 5.96. The van der Waals surface area contributed by atoms with Gasteiger partial charge in [0.1, 0.15) is 0 Å². The fourth-order valence-corrected chi connectivity index (χ4v) is 2.65. The maximum absolute atomic E-state index is 12.3. The van der Waals surface area contributed by atoms with Gasteiger partial charge in [-0.05, 0) is 38.0 Å². The Labute approximate surface area is 147 Å². The van der Waals surface area contributed by atoms with E-state index in [-0.39, 0.29) is 18.4 Å². The minimum Gasteiger partial charge on any atom is -0.341 e. The van der Waals surface area contributed by atoms with E-state index in [0.29, 0.717) is 24.1 Å². The number of para-hydroxylation sites is 1. The number of nitrogens with one attached hydrogen (secondary N) is 2. The van der Waals surface area contributed by atoms with Gasteiger partial charge in [-0.25, -0.2) is 0 Å². The Morgan fingerprint density at radius 1 is 1.28 bits per heavy atom. The Hall–Kier alpha value is -3.07. The number of terminal acetylenes is 1. The zero-order chi connectivity index (χ0) is 18.4. The molecule has 1 heterocycles. The van der Waals surface area contributed by atoms with Gasteiger partial charge in [0.05, 0.1) is 23.5 Å². The number of anilines is 1. The van der Waals surface area contributed by atoms with Gasteiger partial charge in [0.25, 0.3) is 5.91 Å². The molecule has 25 heavy (non-hydrogen) atoms. The number of carbonyl (C=O) groups is 2. The molecule has 1 aromatic heterocycles. The number of rotatable bonds is 6. The van der Waals surface area contributed by atoms with Crippen LogP contribution in [0.25, 0.3) is 0 Å². The zero-order valence-corrected chi connectivity index (χ0v) is 14.7. The quantitative estimate of drug-likeness (QED) is 0.791. The smallest absolute Gasteiger partial charge is 0.254 e.